The topological polar surface area (TPSA) is 42.7 Å². The molecule has 1 fully saturated rings. The molecule has 1 aromatic heterocycles. The first-order valence-corrected chi connectivity index (χ1v) is 6.28. The lowest BCUT2D eigenvalue weighted by Crippen LogP contribution is -2.34. The molecular formula is C12H22N4. The van der Waals surface area contributed by atoms with E-state index in [0.29, 0.717) is 11.5 Å². The zero-order chi connectivity index (χ0) is 11.4. The second-order valence-electron chi connectivity index (χ2n) is 5.20. The molecule has 1 unspecified atom stereocenters. The minimum absolute atomic E-state index is 0.589. The van der Waals surface area contributed by atoms with Gasteiger partial charge in [0.2, 0.25) is 0 Å². The number of aryl methyl sites for hydroxylation is 1. The summed E-state index contributed by atoms with van der Waals surface area (Å²) in [4.78, 5) is 0. The van der Waals surface area contributed by atoms with Gasteiger partial charge in [-0.05, 0) is 44.6 Å². The summed E-state index contributed by atoms with van der Waals surface area (Å²) in [6.45, 7) is 6.78. The monoisotopic (exact) mass is 222 g/mol. The standard InChI is InChI=1S/C12H22N4/c1-11(12(2)5-6-12)13-7-3-4-9-16-10-8-14-15-16/h8,10-11,13H,3-7,9H2,1-2H3. The van der Waals surface area contributed by atoms with E-state index in [9.17, 15) is 0 Å². The largest absolute Gasteiger partial charge is 0.314 e. The number of aromatic nitrogens is 3. The molecule has 1 atom stereocenters. The zero-order valence-corrected chi connectivity index (χ0v) is 10.3. The van der Waals surface area contributed by atoms with Crippen LogP contribution in [0.15, 0.2) is 12.4 Å². The fraction of sp³-hybridized carbons (Fsp3) is 0.833. The Hall–Kier alpha value is -0.900. The summed E-state index contributed by atoms with van der Waals surface area (Å²) in [5.74, 6) is 0. The molecular weight excluding hydrogens is 200 g/mol. The molecule has 0 bridgehead atoms. The molecule has 1 aliphatic rings. The molecule has 1 N–H and O–H groups in total. The summed E-state index contributed by atoms with van der Waals surface area (Å²) in [6, 6.07) is 0.666. The van der Waals surface area contributed by atoms with E-state index >= 15 is 0 Å². The third-order valence-electron chi connectivity index (χ3n) is 3.82. The molecule has 0 spiro atoms. The van der Waals surface area contributed by atoms with Gasteiger partial charge in [-0.2, -0.15) is 0 Å². The number of nitrogens with one attached hydrogen (secondary N) is 1. The van der Waals surface area contributed by atoms with Gasteiger partial charge in [0.05, 0.1) is 6.20 Å². The molecule has 0 aliphatic heterocycles. The number of rotatable bonds is 7. The number of hydrogen-bond acceptors (Lipinski definition) is 3. The quantitative estimate of drug-likeness (QED) is 0.716. The van der Waals surface area contributed by atoms with Crippen LogP contribution in [0.5, 0.6) is 0 Å². The summed E-state index contributed by atoms with van der Waals surface area (Å²) in [6.07, 6.45) is 8.80. The van der Waals surface area contributed by atoms with Gasteiger partial charge < -0.3 is 5.32 Å². The maximum atomic E-state index is 3.94. The van der Waals surface area contributed by atoms with Crippen LogP contribution in [0.4, 0.5) is 0 Å². The van der Waals surface area contributed by atoms with Crippen LogP contribution in [-0.4, -0.2) is 27.6 Å². The summed E-state index contributed by atoms with van der Waals surface area (Å²) in [5.41, 5.74) is 0.589. The lowest BCUT2D eigenvalue weighted by molar-refractivity contribution is 0.374. The molecule has 0 radical (unpaired) electrons. The van der Waals surface area contributed by atoms with Gasteiger partial charge in [-0.3, -0.25) is 4.68 Å². The van der Waals surface area contributed by atoms with Crippen LogP contribution < -0.4 is 5.32 Å². The molecule has 0 aromatic carbocycles. The van der Waals surface area contributed by atoms with Gasteiger partial charge in [-0.15, -0.1) is 5.10 Å². The average Bonchev–Trinajstić information content (AvgIpc) is 2.81. The van der Waals surface area contributed by atoms with Crippen molar-refractivity contribution in [1.29, 1.82) is 0 Å². The Kier molecular flexibility index (Phi) is 3.59. The Bertz CT molecular complexity index is 303. The molecule has 4 heteroatoms. The van der Waals surface area contributed by atoms with Crippen molar-refractivity contribution in [2.45, 2.75) is 52.1 Å². The van der Waals surface area contributed by atoms with E-state index in [2.05, 4.69) is 29.5 Å². The van der Waals surface area contributed by atoms with Crippen molar-refractivity contribution in [3.63, 3.8) is 0 Å². The Balaban J connectivity index is 1.52. The van der Waals surface area contributed by atoms with Crippen molar-refractivity contribution >= 4 is 0 Å². The van der Waals surface area contributed by atoms with Crippen LogP contribution in [0, 0.1) is 5.41 Å². The second-order valence-corrected chi connectivity index (χ2v) is 5.20. The molecule has 90 valence electrons. The van der Waals surface area contributed by atoms with E-state index < -0.39 is 0 Å². The molecule has 1 aliphatic carbocycles. The van der Waals surface area contributed by atoms with Crippen molar-refractivity contribution in [3.05, 3.63) is 12.4 Å². The predicted octanol–water partition coefficient (Wildman–Crippen LogP) is 1.84. The predicted molar refractivity (Wildman–Crippen MR) is 64.1 cm³/mol. The molecule has 4 nitrogen and oxygen atoms in total. The highest BCUT2D eigenvalue weighted by Gasteiger charge is 2.41. The van der Waals surface area contributed by atoms with Crippen LogP contribution in [0.3, 0.4) is 0 Å². The van der Waals surface area contributed by atoms with E-state index in [-0.39, 0.29) is 0 Å². The number of hydrogen-bond donors (Lipinski definition) is 1. The Morgan fingerprint density at radius 3 is 2.88 bits per heavy atom. The van der Waals surface area contributed by atoms with Crippen molar-refractivity contribution in [3.8, 4) is 0 Å². The van der Waals surface area contributed by atoms with Crippen LogP contribution in [0.25, 0.3) is 0 Å². The van der Waals surface area contributed by atoms with Gasteiger partial charge in [-0.25, -0.2) is 0 Å². The summed E-state index contributed by atoms with van der Waals surface area (Å²) >= 11 is 0. The maximum Gasteiger partial charge on any atom is 0.0692 e. The van der Waals surface area contributed by atoms with E-state index in [4.69, 9.17) is 0 Å². The first-order chi connectivity index (χ1) is 7.71. The van der Waals surface area contributed by atoms with Gasteiger partial charge in [0.1, 0.15) is 0 Å². The molecule has 0 saturated heterocycles. The van der Waals surface area contributed by atoms with Gasteiger partial charge in [-0.1, -0.05) is 12.1 Å². The van der Waals surface area contributed by atoms with Crippen molar-refractivity contribution < 1.29 is 0 Å². The van der Waals surface area contributed by atoms with E-state index in [1.165, 1.54) is 25.7 Å². The fourth-order valence-corrected chi connectivity index (χ4v) is 1.95. The van der Waals surface area contributed by atoms with Gasteiger partial charge in [0.25, 0.3) is 0 Å². The molecule has 1 heterocycles. The maximum absolute atomic E-state index is 3.94. The van der Waals surface area contributed by atoms with Crippen molar-refractivity contribution in [2.75, 3.05) is 6.54 Å². The Morgan fingerprint density at radius 2 is 2.25 bits per heavy atom. The number of nitrogens with zero attached hydrogens (tertiary/aromatic N) is 3. The molecule has 2 rings (SSSR count). The molecule has 1 saturated carbocycles. The molecule has 16 heavy (non-hydrogen) atoms. The fourth-order valence-electron chi connectivity index (χ4n) is 1.95. The van der Waals surface area contributed by atoms with Gasteiger partial charge >= 0.3 is 0 Å². The van der Waals surface area contributed by atoms with E-state index in [1.54, 1.807) is 6.20 Å². The lowest BCUT2D eigenvalue weighted by atomic mass is 10.0. The zero-order valence-electron chi connectivity index (χ0n) is 10.3. The van der Waals surface area contributed by atoms with Gasteiger partial charge in [0.15, 0.2) is 0 Å². The summed E-state index contributed by atoms with van der Waals surface area (Å²) in [5, 5.41) is 11.4. The van der Waals surface area contributed by atoms with Crippen LogP contribution in [0.1, 0.15) is 39.5 Å². The first kappa shape index (κ1) is 11.6. The lowest BCUT2D eigenvalue weighted by Gasteiger charge is -2.20. The third-order valence-corrected chi connectivity index (χ3v) is 3.82. The van der Waals surface area contributed by atoms with Crippen LogP contribution >= 0.6 is 0 Å². The summed E-state index contributed by atoms with van der Waals surface area (Å²) < 4.78 is 1.89. The van der Waals surface area contributed by atoms with Crippen LogP contribution in [0.2, 0.25) is 0 Å². The number of unbranched alkanes of at least 4 members (excludes halogenated alkanes) is 1. The minimum atomic E-state index is 0.589. The highest BCUT2D eigenvalue weighted by molar-refractivity contribution is 4.96. The van der Waals surface area contributed by atoms with Crippen molar-refractivity contribution in [2.24, 2.45) is 5.41 Å². The second kappa shape index (κ2) is 4.95. The SMILES string of the molecule is CC(NCCCCn1ccnn1)C1(C)CC1. The van der Waals surface area contributed by atoms with Gasteiger partial charge in [0, 0.05) is 18.8 Å². The molecule has 1 aromatic rings. The summed E-state index contributed by atoms with van der Waals surface area (Å²) in [7, 11) is 0. The smallest absolute Gasteiger partial charge is 0.0692 e. The average molecular weight is 222 g/mol. The third kappa shape index (κ3) is 3.04. The minimum Gasteiger partial charge on any atom is -0.314 e. The Labute approximate surface area is 97.4 Å². The van der Waals surface area contributed by atoms with Crippen LogP contribution in [-0.2, 0) is 6.54 Å². The van der Waals surface area contributed by atoms with E-state index in [1.807, 2.05) is 10.9 Å². The molecule has 0 amide bonds. The van der Waals surface area contributed by atoms with E-state index in [0.717, 1.165) is 13.1 Å². The van der Waals surface area contributed by atoms with Crippen molar-refractivity contribution in [1.82, 2.24) is 20.3 Å². The first-order valence-electron chi connectivity index (χ1n) is 6.28. The Morgan fingerprint density at radius 1 is 1.44 bits per heavy atom. The highest BCUT2D eigenvalue weighted by atomic mass is 15.4. The normalized spacial score (nSPS) is 19.6. The highest BCUT2D eigenvalue weighted by Crippen LogP contribution is 2.47.